The van der Waals surface area contributed by atoms with Gasteiger partial charge >= 0.3 is 5.97 Å². The molecule has 4 rings (SSSR count). The van der Waals surface area contributed by atoms with Crippen LogP contribution in [0, 0.1) is 23.2 Å². The van der Waals surface area contributed by atoms with Gasteiger partial charge in [0.25, 0.3) is 0 Å². The molecular weight excluding hydrogens is 324 g/mol. The van der Waals surface area contributed by atoms with Gasteiger partial charge in [-0.05, 0) is 49.9 Å². The molecule has 4 aliphatic carbocycles. The van der Waals surface area contributed by atoms with E-state index in [0.29, 0.717) is 17.8 Å². The van der Waals surface area contributed by atoms with Crippen molar-refractivity contribution >= 4 is 37.8 Å². The van der Waals surface area contributed by atoms with Crippen molar-refractivity contribution in [2.45, 2.75) is 35.3 Å². The van der Waals surface area contributed by atoms with Gasteiger partial charge in [-0.25, -0.2) is 0 Å². The molecule has 15 heavy (non-hydrogen) atoms. The topological polar surface area (TPSA) is 37.3 Å². The summed E-state index contributed by atoms with van der Waals surface area (Å²) in [6.45, 7) is 0. The SMILES string of the molecule is O=C(O)C12CC3C[C@@H](C1)C(Br)(Br)[C@@H](C3)C2. The second-order valence-corrected chi connectivity index (χ2v) is 9.29. The van der Waals surface area contributed by atoms with Crippen LogP contribution in [-0.2, 0) is 4.79 Å². The second-order valence-electron chi connectivity index (χ2n) is 5.60. The maximum absolute atomic E-state index is 11.4. The molecule has 4 aliphatic rings. The third-order valence-electron chi connectivity index (χ3n) is 4.73. The summed E-state index contributed by atoms with van der Waals surface area (Å²) in [7, 11) is 0. The standard InChI is InChI=1S/C11H14Br2O2/c12-11(13)7-1-6-2-8(11)5-10(3-6,4-7)9(14)15/h6-8H,1-5H2,(H,14,15)/t6?,7-,8-,10?/m0/s1. The van der Waals surface area contributed by atoms with Crippen molar-refractivity contribution in [3.05, 3.63) is 0 Å². The van der Waals surface area contributed by atoms with E-state index in [1.54, 1.807) is 0 Å². The van der Waals surface area contributed by atoms with E-state index < -0.39 is 5.97 Å². The van der Waals surface area contributed by atoms with Gasteiger partial charge in [0.05, 0.1) is 8.65 Å². The minimum Gasteiger partial charge on any atom is -0.481 e. The fraction of sp³-hybridized carbons (Fsp3) is 0.909. The van der Waals surface area contributed by atoms with Gasteiger partial charge in [-0.15, -0.1) is 0 Å². The zero-order chi connectivity index (χ0) is 10.8. The monoisotopic (exact) mass is 336 g/mol. The minimum atomic E-state index is -0.558. The highest BCUT2D eigenvalue weighted by Gasteiger charge is 2.63. The molecule has 0 amide bonds. The Labute approximate surface area is 106 Å². The molecule has 0 aliphatic heterocycles. The number of carbonyl (C=O) groups is 1. The number of halogens is 2. The highest BCUT2D eigenvalue weighted by Crippen LogP contribution is 2.67. The smallest absolute Gasteiger partial charge is 0.309 e. The maximum atomic E-state index is 11.4. The largest absolute Gasteiger partial charge is 0.481 e. The quantitative estimate of drug-likeness (QED) is 0.745. The van der Waals surface area contributed by atoms with Gasteiger partial charge in [0, 0.05) is 0 Å². The molecule has 2 nitrogen and oxygen atoms in total. The van der Waals surface area contributed by atoms with Crippen LogP contribution in [0.4, 0.5) is 0 Å². The zero-order valence-electron chi connectivity index (χ0n) is 8.38. The summed E-state index contributed by atoms with van der Waals surface area (Å²) in [5.41, 5.74) is -0.387. The third kappa shape index (κ3) is 1.30. The molecule has 4 bridgehead atoms. The van der Waals surface area contributed by atoms with Crippen molar-refractivity contribution in [1.82, 2.24) is 0 Å². The lowest BCUT2D eigenvalue weighted by atomic mass is 9.49. The van der Waals surface area contributed by atoms with E-state index in [0.717, 1.165) is 19.3 Å². The van der Waals surface area contributed by atoms with Gasteiger partial charge in [0.2, 0.25) is 0 Å². The minimum absolute atomic E-state index is 0.0237. The highest BCUT2D eigenvalue weighted by atomic mass is 79.9. The summed E-state index contributed by atoms with van der Waals surface area (Å²) in [6, 6.07) is 0. The van der Waals surface area contributed by atoms with Gasteiger partial charge in [0.1, 0.15) is 0 Å². The molecule has 0 aromatic heterocycles. The van der Waals surface area contributed by atoms with E-state index >= 15 is 0 Å². The highest BCUT2D eigenvalue weighted by molar-refractivity contribution is 9.25. The van der Waals surface area contributed by atoms with Crippen molar-refractivity contribution < 1.29 is 9.90 Å². The van der Waals surface area contributed by atoms with Crippen molar-refractivity contribution in [3.63, 3.8) is 0 Å². The van der Waals surface area contributed by atoms with E-state index in [-0.39, 0.29) is 8.65 Å². The summed E-state index contributed by atoms with van der Waals surface area (Å²) in [5.74, 6) is 1.10. The predicted octanol–water partition coefficient (Wildman–Crippen LogP) is 3.38. The molecule has 1 N–H and O–H groups in total. The Kier molecular flexibility index (Phi) is 2.12. The molecule has 84 valence electrons. The van der Waals surface area contributed by atoms with Crippen LogP contribution in [0.2, 0.25) is 0 Å². The van der Waals surface area contributed by atoms with Crippen LogP contribution in [0.1, 0.15) is 32.1 Å². The first-order chi connectivity index (χ1) is 6.94. The van der Waals surface area contributed by atoms with Gasteiger partial charge in [-0.1, -0.05) is 31.9 Å². The molecule has 0 heterocycles. The Morgan fingerprint density at radius 1 is 1.13 bits per heavy atom. The number of carboxylic acid groups (broad SMARTS) is 1. The first-order valence-electron chi connectivity index (χ1n) is 5.55. The van der Waals surface area contributed by atoms with Crippen LogP contribution in [0.25, 0.3) is 0 Å². The summed E-state index contributed by atoms with van der Waals surface area (Å²) in [5, 5.41) is 9.42. The van der Waals surface area contributed by atoms with E-state index in [9.17, 15) is 9.90 Å². The molecule has 4 heteroatoms. The first-order valence-corrected chi connectivity index (χ1v) is 7.14. The van der Waals surface area contributed by atoms with Crippen molar-refractivity contribution in [1.29, 1.82) is 0 Å². The molecule has 0 unspecified atom stereocenters. The first kappa shape index (κ1) is 10.6. The number of rotatable bonds is 1. The molecule has 0 aromatic carbocycles. The maximum Gasteiger partial charge on any atom is 0.309 e. The molecule has 0 aromatic rings. The lowest BCUT2D eigenvalue weighted by molar-refractivity contribution is -0.164. The Morgan fingerprint density at radius 2 is 1.67 bits per heavy atom. The number of alkyl halides is 2. The molecule has 0 saturated heterocycles. The van der Waals surface area contributed by atoms with Gasteiger partial charge in [0.15, 0.2) is 0 Å². The average Bonchev–Trinajstić information content (AvgIpc) is 2.13. The van der Waals surface area contributed by atoms with Crippen LogP contribution < -0.4 is 0 Å². The lowest BCUT2D eigenvalue weighted by Crippen LogP contribution is -2.58. The van der Waals surface area contributed by atoms with Crippen LogP contribution in [-0.4, -0.2) is 14.3 Å². The van der Waals surface area contributed by atoms with Crippen LogP contribution >= 0.6 is 31.9 Å². The predicted molar refractivity (Wildman–Crippen MR) is 64.2 cm³/mol. The molecule has 2 atom stereocenters. The summed E-state index contributed by atoms with van der Waals surface area (Å²) >= 11 is 7.56. The number of carboxylic acids is 1. The Hall–Kier alpha value is 0.430. The number of hydrogen-bond acceptors (Lipinski definition) is 1. The normalized spacial score (nSPS) is 50.7. The van der Waals surface area contributed by atoms with Crippen LogP contribution in [0.15, 0.2) is 0 Å². The van der Waals surface area contributed by atoms with Crippen LogP contribution in [0.3, 0.4) is 0 Å². The molecular formula is C11H14Br2O2. The van der Waals surface area contributed by atoms with Crippen molar-refractivity contribution in [3.8, 4) is 0 Å². The fourth-order valence-corrected chi connectivity index (χ4v) is 5.56. The molecule has 4 fully saturated rings. The van der Waals surface area contributed by atoms with E-state index in [1.165, 1.54) is 12.8 Å². The van der Waals surface area contributed by atoms with E-state index in [4.69, 9.17) is 0 Å². The Bertz CT molecular complexity index is 309. The molecule has 0 spiro atoms. The number of hydrogen-bond donors (Lipinski definition) is 1. The summed E-state index contributed by atoms with van der Waals surface area (Å²) < 4.78 is 0.0237. The fourth-order valence-electron chi connectivity index (χ4n) is 4.16. The molecule has 4 saturated carbocycles. The third-order valence-corrected chi connectivity index (χ3v) is 7.32. The van der Waals surface area contributed by atoms with Crippen LogP contribution in [0.5, 0.6) is 0 Å². The number of aliphatic carboxylic acids is 1. The Morgan fingerprint density at radius 3 is 2.13 bits per heavy atom. The van der Waals surface area contributed by atoms with Gasteiger partial charge in [-0.3, -0.25) is 4.79 Å². The summed E-state index contributed by atoms with van der Waals surface area (Å²) in [6.07, 6.45) is 5.02. The molecule has 0 radical (unpaired) electrons. The average molecular weight is 338 g/mol. The second kappa shape index (κ2) is 3.00. The van der Waals surface area contributed by atoms with Crippen molar-refractivity contribution in [2.75, 3.05) is 0 Å². The summed E-state index contributed by atoms with van der Waals surface area (Å²) in [4.78, 5) is 11.4. The van der Waals surface area contributed by atoms with Gasteiger partial charge in [-0.2, -0.15) is 0 Å². The van der Waals surface area contributed by atoms with Crippen molar-refractivity contribution in [2.24, 2.45) is 23.2 Å². The lowest BCUT2D eigenvalue weighted by Gasteiger charge is -2.60. The Balaban J connectivity index is 2.00. The van der Waals surface area contributed by atoms with E-state index in [1.807, 2.05) is 0 Å². The zero-order valence-corrected chi connectivity index (χ0v) is 11.6. The van der Waals surface area contributed by atoms with E-state index in [2.05, 4.69) is 31.9 Å². The van der Waals surface area contributed by atoms with Gasteiger partial charge < -0.3 is 5.11 Å².